The van der Waals surface area contributed by atoms with Gasteiger partial charge in [0.2, 0.25) is 0 Å². The summed E-state index contributed by atoms with van der Waals surface area (Å²) in [6.45, 7) is 7.10. The Morgan fingerprint density at radius 3 is 3.00 bits per heavy atom. The van der Waals surface area contributed by atoms with Crippen LogP contribution in [0, 0.1) is 17.8 Å². The average molecular weight is 295 g/mol. The Labute approximate surface area is 125 Å². The van der Waals surface area contributed by atoms with Crippen molar-refractivity contribution in [2.24, 2.45) is 23.6 Å². The van der Waals surface area contributed by atoms with Gasteiger partial charge in [-0.05, 0) is 30.6 Å². The van der Waals surface area contributed by atoms with Gasteiger partial charge < -0.3 is 9.26 Å². The van der Waals surface area contributed by atoms with Crippen molar-refractivity contribution in [2.75, 3.05) is 0 Å². The van der Waals surface area contributed by atoms with Crippen LogP contribution in [0.1, 0.15) is 56.3 Å². The van der Waals surface area contributed by atoms with E-state index in [1.54, 1.807) is 6.07 Å². The third-order valence-corrected chi connectivity index (χ3v) is 4.32. The standard InChI is InChI=1S/C15H25N3O3/c1-9(2)12-5-4-10(3)6-14(12)20-8-11-7-13(18-21-11)15(19)17-16/h7,9-10,12,14H,4-6,8,16H2,1-3H3,(H,17,19). The van der Waals surface area contributed by atoms with E-state index in [0.717, 1.165) is 6.42 Å². The van der Waals surface area contributed by atoms with Crippen LogP contribution in [-0.2, 0) is 11.3 Å². The van der Waals surface area contributed by atoms with Gasteiger partial charge in [-0.25, -0.2) is 5.84 Å². The number of nitrogens with two attached hydrogens (primary N) is 1. The molecule has 1 aromatic rings. The second kappa shape index (κ2) is 7.04. The van der Waals surface area contributed by atoms with Crippen molar-refractivity contribution in [2.45, 2.75) is 52.7 Å². The molecule has 118 valence electrons. The van der Waals surface area contributed by atoms with Crippen molar-refractivity contribution in [3.63, 3.8) is 0 Å². The number of carbonyl (C=O) groups is 1. The Morgan fingerprint density at radius 1 is 1.57 bits per heavy atom. The van der Waals surface area contributed by atoms with Crippen LogP contribution in [0.5, 0.6) is 0 Å². The molecule has 1 aliphatic carbocycles. The quantitative estimate of drug-likeness (QED) is 0.494. The summed E-state index contributed by atoms with van der Waals surface area (Å²) in [6, 6.07) is 1.57. The van der Waals surface area contributed by atoms with Crippen molar-refractivity contribution in [3.8, 4) is 0 Å². The number of rotatable bonds is 5. The van der Waals surface area contributed by atoms with Gasteiger partial charge in [0.05, 0.1) is 6.10 Å². The first-order valence-corrected chi connectivity index (χ1v) is 7.59. The zero-order valence-corrected chi connectivity index (χ0v) is 13.0. The molecule has 1 aliphatic rings. The first kappa shape index (κ1) is 16.0. The molecule has 3 atom stereocenters. The second-order valence-corrected chi connectivity index (χ2v) is 6.33. The first-order valence-electron chi connectivity index (χ1n) is 7.59. The monoisotopic (exact) mass is 295 g/mol. The number of nitrogens with one attached hydrogen (secondary N) is 1. The molecule has 1 saturated carbocycles. The molecule has 2 rings (SSSR count). The maximum Gasteiger partial charge on any atom is 0.287 e. The Hall–Kier alpha value is -1.40. The molecule has 6 nitrogen and oxygen atoms in total. The number of nitrogen functional groups attached to an aromatic ring is 1. The van der Waals surface area contributed by atoms with Crippen molar-refractivity contribution in [3.05, 3.63) is 17.5 Å². The number of ether oxygens (including phenoxy) is 1. The molecule has 1 heterocycles. The van der Waals surface area contributed by atoms with Gasteiger partial charge >= 0.3 is 0 Å². The van der Waals surface area contributed by atoms with E-state index in [-0.39, 0.29) is 11.8 Å². The van der Waals surface area contributed by atoms with Gasteiger partial charge in [-0.1, -0.05) is 32.3 Å². The summed E-state index contributed by atoms with van der Waals surface area (Å²) < 4.78 is 11.2. The Kier molecular flexibility index (Phi) is 5.36. The van der Waals surface area contributed by atoms with Crippen LogP contribution in [0.15, 0.2) is 10.6 Å². The third-order valence-electron chi connectivity index (χ3n) is 4.32. The predicted molar refractivity (Wildman–Crippen MR) is 78.1 cm³/mol. The van der Waals surface area contributed by atoms with Crippen LogP contribution in [0.2, 0.25) is 0 Å². The van der Waals surface area contributed by atoms with Gasteiger partial charge in [0.25, 0.3) is 5.91 Å². The molecule has 0 aromatic carbocycles. The lowest BCUT2D eigenvalue weighted by atomic mass is 9.75. The van der Waals surface area contributed by atoms with Crippen LogP contribution in [-0.4, -0.2) is 17.2 Å². The average Bonchev–Trinajstić information content (AvgIpc) is 2.93. The van der Waals surface area contributed by atoms with Crippen LogP contribution in [0.4, 0.5) is 0 Å². The highest BCUT2D eigenvalue weighted by atomic mass is 16.5. The maximum absolute atomic E-state index is 11.3. The fourth-order valence-corrected chi connectivity index (χ4v) is 3.06. The Morgan fingerprint density at radius 2 is 2.33 bits per heavy atom. The molecule has 3 N–H and O–H groups in total. The molecule has 1 fully saturated rings. The Bertz CT molecular complexity index is 472. The number of nitrogens with zero attached hydrogens (tertiary/aromatic N) is 1. The van der Waals surface area contributed by atoms with Crippen LogP contribution in [0.25, 0.3) is 0 Å². The SMILES string of the molecule is CC1CCC(C(C)C)C(OCc2cc(C(=O)NN)no2)C1. The lowest BCUT2D eigenvalue weighted by molar-refractivity contribution is -0.0533. The summed E-state index contributed by atoms with van der Waals surface area (Å²) >= 11 is 0. The summed E-state index contributed by atoms with van der Waals surface area (Å²) in [4.78, 5) is 11.3. The molecule has 0 saturated heterocycles. The van der Waals surface area contributed by atoms with E-state index in [0.29, 0.717) is 30.1 Å². The van der Waals surface area contributed by atoms with Crippen LogP contribution >= 0.6 is 0 Å². The molecule has 0 spiro atoms. The summed E-state index contributed by atoms with van der Waals surface area (Å²) in [5.74, 6) is 7.03. The predicted octanol–water partition coefficient (Wildman–Crippen LogP) is 2.26. The van der Waals surface area contributed by atoms with Gasteiger partial charge in [-0.3, -0.25) is 10.2 Å². The molecule has 0 bridgehead atoms. The summed E-state index contributed by atoms with van der Waals surface area (Å²) in [6.07, 6.45) is 3.80. The highest BCUT2D eigenvalue weighted by molar-refractivity contribution is 5.91. The zero-order chi connectivity index (χ0) is 15.4. The third kappa shape index (κ3) is 4.04. The molecule has 0 aliphatic heterocycles. The summed E-state index contributed by atoms with van der Waals surface area (Å²) in [5, 5.41) is 3.67. The highest BCUT2D eigenvalue weighted by Crippen LogP contribution is 2.35. The minimum absolute atomic E-state index is 0.175. The first-order chi connectivity index (χ1) is 10.0. The van der Waals surface area contributed by atoms with E-state index < -0.39 is 5.91 Å². The van der Waals surface area contributed by atoms with Crippen LogP contribution in [0.3, 0.4) is 0 Å². The summed E-state index contributed by atoms with van der Waals surface area (Å²) in [7, 11) is 0. The topological polar surface area (TPSA) is 90.4 Å². The lowest BCUT2D eigenvalue weighted by Crippen LogP contribution is -2.34. The molecular weight excluding hydrogens is 270 g/mol. The maximum atomic E-state index is 11.3. The normalized spacial score (nSPS) is 26.0. The number of hydrazine groups is 1. The number of hydrogen-bond donors (Lipinski definition) is 2. The van der Waals surface area contributed by atoms with Crippen molar-refractivity contribution < 1.29 is 14.1 Å². The lowest BCUT2D eigenvalue weighted by Gasteiger charge is -2.36. The molecule has 21 heavy (non-hydrogen) atoms. The fraction of sp³-hybridized carbons (Fsp3) is 0.733. The number of hydrogen-bond acceptors (Lipinski definition) is 5. The van der Waals surface area contributed by atoms with Crippen molar-refractivity contribution in [1.29, 1.82) is 0 Å². The van der Waals surface area contributed by atoms with E-state index in [4.69, 9.17) is 15.1 Å². The van der Waals surface area contributed by atoms with E-state index in [1.807, 2.05) is 5.43 Å². The van der Waals surface area contributed by atoms with Gasteiger partial charge in [0, 0.05) is 6.07 Å². The fourth-order valence-electron chi connectivity index (χ4n) is 3.06. The summed E-state index contributed by atoms with van der Waals surface area (Å²) in [5.41, 5.74) is 2.20. The number of amides is 1. The second-order valence-electron chi connectivity index (χ2n) is 6.33. The zero-order valence-electron chi connectivity index (χ0n) is 13.0. The van der Waals surface area contributed by atoms with E-state index in [9.17, 15) is 4.79 Å². The molecule has 3 unspecified atom stereocenters. The minimum Gasteiger partial charge on any atom is -0.370 e. The van der Waals surface area contributed by atoms with Gasteiger partial charge in [-0.15, -0.1) is 0 Å². The molecule has 1 amide bonds. The molecule has 1 aromatic heterocycles. The van der Waals surface area contributed by atoms with E-state index in [1.165, 1.54) is 12.8 Å². The largest absolute Gasteiger partial charge is 0.370 e. The Balaban J connectivity index is 1.93. The molecule has 6 heteroatoms. The molecule has 0 radical (unpaired) electrons. The number of aromatic nitrogens is 1. The van der Waals surface area contributed by atoms with E-state index >= 15 is 0 Å². The van der Waals surface area contributed by atoms with Gasteiger partial charge in [0.1, 0.15) is 6.61 Å². The van der Waals surface area contributed by atoms with Gasteiger partial charge in [-0.2, -0.15) is 0 Å². The van der Waals surface area contributed by atoms with Crippen molar-refractivity contribution in [1.82, 2.24) is 10.6 Å². The molecular formula is C15H25N3O3. The minimum atomic E-state index is -0.462. The highest BCUT2D eigenvalue weighted by Gasteiger charge is 2.31. The smallest absolute Gasteiger partial charge is 0.287 e. The van der Waals surface area contributed by atoms with Crippen LogP contribution < -0.4 is 11.3 Å². The van der Waals surface area contributed by atoms with Gasteiger partial charge in [0.15, 0.2) is 11.5 Å². The number of carbonyl (C=O) groups excluding carboxylic acids is 1. The van der Waals surface area contributed by atoms with E-state index in [2.05, 4.69) is 25.9 Å². The van der Waals surface area contributed by atoms with Crippen molar-refractivity contribution >= 4 is 5.91 Å².